The van der Waals surface area contributed by atoms with Crippen LogP contribution in [0.1, 0.15) is 18.4 Å². The number of amides is 1. The van der Waals surface area contributed by atoms with E-state index in [4.69, 9.17) is 16.3 Å². The first kappa shape index (κ1) is 15.1. The summed E-state index contributed by atoms with van der Waals surface area (Å²) < 4.78 is 5.60. The van der Waals surface area contributed by atoms with Crippen LogP contribution in [0.5, 0.6) is 5.75 Å². The number of carbonyl (C=O) groups is 1. The summed E-state index contributed by atoms with van der Waals surface area (Å²) in [6.45, 7) is 3.93. The number of hydrogen-bond donors (Lipinski definition) is 1. The first-order valence-corrected chi connectivity index (χ1v) is 7.31. The zero-order valence-electron chi connectivity index (χ0n) is 12.0. The lowest BCUT2D eigenvalue weighted by molar-refractivity contribution is -0.134. The van der Waals surface area contributed by atoms with Crippen LogP contribution in [0, 0.1) is 6.92 Å². The van der Waals surface area contributed by atoms with E-state index >= 15 is 0 Å². The maximum Gasteiger partial charge on any atom is 0.260 e. The van der Waals surface area contributed by atoms with Crippen LogP contribution in [0.4, 0.5) is 0 Å². The van der Waals surface area contributed by atoms with Gasteiger partial charge in [0.2, 0.25) is 0 Å². The van der Waals surface area contributed by atoms with Crippen molar-refractivity contribution >= 4 is 17.5 Å². The maximum absolute atomic E-state index is 12.1. The highest BCUT2D eigenvalue weighted by Gasteiger charge is 2.22. The largest absolute Gasteiger partial charge is 0.483 e. The third kappa shape index (κ3) is 3.87. The van der Waals surface area contributed by atoms with E-state index in [1.807, 2.05) is 24.9 Å². The number of rotatable bonds is 4. The first-order valence-electron chi connectivity index (χ1n) is 6.93. The Morgan fingerprint density at radius 3 is 2.80 bits per heavy atom. The summed E-state index contributed by atoms with van der Waals surface area (Å²) >= 11 is 5.90. The highest BCUT2D eigenvalue weighted by Crippen LogP contribution is 2.22. The van der Waals surface area contributed by atoms with Gasteiger partial charge in [0, 0.05) is 18.1 Å². The molecule has 1 N–H and O–H groups in total. The lowest BCUT2D eigenvalue weighted by Gasteiger charge is -2.31. The topological polar surface area (TPSA) is 41.6 Å². The summed E-state index contributed by atoms with van der Waals surface area (Å²) in [5.74, 6) is 0.729. The van der Waals surface area contributed by atoms with Crippen LogP contribution in [0.25, 0.3) is 0 Å². The normalized spacial score (nSPS) is 15.9. The van der Waals surface area contributed by atoms with Gasteiger partial charge in [0.1, 0.15) is 5.75 Å². The van der Waals surface area contributed by atoms with Gasteiger partial charge < -0.3 is 15.0 Å². The number of likely N-dealkylation sites (N-methyl/N-ethyl adjacent to an activating group) is 1. The van der Waals surface area contributed by atoms with E-state index < -0.39 is 0 Å². The second-order valence-corrected chi connectivity index (χ2v) is 5.62. The molecule has 1 fully saturated rings. The molecule has 0 radical (unpaired) electrons. The minimum absolute atomic E-state index is 0.0197. The number of nitrogens with one attached hydrogen (secondary N) is 1. The number of aryl methyl sites for hydroxylation is 1. The zero-order valence-corrected chi connectivity index (χ0v) is 12.7. The molecule has 1 heterocycles. The Morgan fingerprint density at radius 1 is 1.45 bits per heavy atom. The Balaban J connectivity index is 1.87. The van der Waals surface area contributed by atoms with Gasteiger partial charge in [0.25, 0.3) is 5.91 Å². The summed E-state index contributed by atoms with van der Waals surface area (Å²) in [5, 5.41) is 3.97. The van der Waals surface area contributed by atoms with Crippen molar-refractivity contribution in [1.29, 1.82) is 0 Å². The number of ether oxygens (including phenoxy) is 1. The van der Waals surface area contributed by atoms with Gasteiger partial charge in [0.05, 0.1) is 0 Å². The number of carbonyl (C=O) groups excluding carboxylic acids is 1. The third-order valence-corrected chi connectivity index (χ3v) is 3.97. The molecule has 1 aromatic rings. The van der Waals surface area contributed by atoms with Crippen molar-refractivity contribution in [3.05, 3.63) is 28.8 Å². The van der Waals surface area contributed by atoms with E-state index in [1.165, 1.54) is 0 Å². The fourth-order valence-electron chi connectivity index (χ4n) is 2.41. The monoisotopic (exact) mass is 296 g/mol. The molecular formula is C15H21ClN2O2. The second-order valence-electron chi connectivity index (χ2n) is 5.18. The van der Waals surface area contributed by atoms with Gasteiger partial charge >= 0.3 is 0 Å². The first-order chi connectivity index (χ1) is 9.58. The number of hydrogen-bond acceptors (Lipinski definition) is 3. The summed E-state index contributed by atoms with van der Waals surface area (Å²) in [7, 11) is 1.86. The molecule has 1 saturated heterocycles. The highest BCUT2D eigenvalue weighted by atomic mass is 35.5. The Hall–Kier alpha value is -1.26. The molecule has 1 aromatic carbocycles. The second kappa shape index (κ2) is 6.95. The molecule has 0 atom stereocenters. The molecule has 5 heteroatoms. The standard InChI is InChI=1S/C15H21ClN2O2/c1-11-9-12(16)3-4-14(11)20-10-15(19)18(2)13-5-7-17-8-6-13/h3-4,9,13,17H,5-8,10H2,1-2H3. The number of halogens is 1. The SMILES string of the molecule is Cc1cc(Cl)ccc1OCC(=O)N(C)C1CCNCC1. The number of benzene rings is 1. The van der Waals surface area contributed by atoms with Gasteiger partial charge in [-0.25, -0.2) is 0 Å². The van der Waals surface area contributed by atoms with Crippen molar-refractivity contribution in [3.63, 3.8) is 0 Å². The van der Waals surface area contributed by atoms with Crippen molar-refractivity contribution in [1.82, 2.24) is 10.2 Å². The van der Waals surface area contributed by atoms with Gasteiger partial charge in [-0.15, -0.1) is 0 Å². The third-order valence-electron chi connectivity index (χ3n) is 3.74. The van der Waals surface area contributed by atoms with E-state index in [1.54, 1.807) is 12.1 Å². The molecule has 4 nitrogen and oxygen atoms in total. The lowest BCUT2D eigenvalue weighted by Crippen LogP contribution is -2.45. The van der Waals surface area contributed by atoms with Gasteiger partial charge in [-0.2, -0.15) is 0 Å². The van der Waals surface area contributed by atoms with E-state index in [9.17, 15) is 4.79 Å². The van der Waals surface area contributed by atoms with Crippen molar-refractivity contribution < 1.29 is 9.53 Å². The van der Waals surface area contributed by atoms with Crippen LogP contribution < -0.4 is 10.1 Å². The van der Waals surface area contributed by atoms with E-state index in [-0.39, 0.29) is 12.5 Å². The van der Waals surface area contributed by atoms with Gasteiger partial charge in [-0.1, -0.05) is 11.6 Å². The zero-order chi connectivity index (χ0) is 14.5. The number of nitrogens with zero attached hydrogens (tertiary/aromatic N) is 1. The molecule has 2 rings (SSSR count). The van der Waals surface area contributed by atoms with Crippen LogP contribution in [0.15, 0.2) is 18.2 Å². The van der Waals surface area contributed by atoms with E-state index in [0.717, 1.165) is 31.5 Å². The number of piperidine rings is 1. The summed E-state index contributed by atoms with van der Waals surface area (Å²) in [6, 6.07) is 5.72. The summed E-state index contributed by atoms with van der Waals surface area (Å²) in [4.78, 5) is 14.0. The quantitative estimate of drug-likeness (QED) is 0.926. The molecule has 1 aliphatic rings. The molecule has 1 amide bonds. The summed E-state index contributed by atoms with van der Waals surface area (Å²) in [5.41, 5.74) is 0.940. The smallest absolute Gasteiger partial charge is 0.260 e. The van der Waals surface area contributed by atoms with Crippen LogP contribution >= 0.6 is 11.6 Å². The molecule has 1 aliphatic heterocycles. The van der Waals surface area contributed by atoms with Crippen molar-refractivity contribution in [2.75, 3.05) is 26.7 Å². The fourth-order valence-corrected chi connectivity index (χ4v) is 2.64. The Bertz CT molecular complexity index is 473. The molecule has 0 unspecified atom stereocenters. The Kier molecular flexibility index (Phi) is 5.26. The Morgan fingerprint density at radius 2 is 2.15 bits per heavy atom. The lowest BCUT2D eigenvalue weighted by atomic mass is 10.1. The van der Waals surface area contributed by atoms with Crippen LogP contribution in [-0.4, -0.2) is 43.6 Å². The van der Waals surface area contributed by atoms with Gasteiger partial charge in [-0.05, 0) is 56.6 Å². The average Bonchev–Trinajstić information content (AvgIpc) is 2.46. The summed E-state index contributed by atoms with van der Waals surface area (Å²) in [6.07, 6.45) is 2.00. The van der Waals surface area contributed by atoms with E-state index in [2.05, 4.69) is 5.32 Å². The minimum Gasteiger partial charge on any atom is -0.483 e. The maximum atomic E-state index is 12.1. The molecular weight excluding hydrogens is 276 g/mol. The van der Waals surface area contributed by atoms with Crippen molar-refractivity contribution in [2.45, 2.75) is 25.8 Å². The van der Waals surface area contributed by atoms with Gasteiger partial charge in [-0.3, -0.25) is 4.79 Å². The molecule has 0 bridgehead atoms. The van der Waals surface area contributed by atoms with Crippen LogP contribution in [0.3, 0.4) is 0 Å². The highest BCUT2D eigenvalue weighted by molar-refractivity contribution is 6.30. The van der Waals surface area contributed by atoms with Crippen molar-refractivity contribution in [2.24, 2.45) is 0 Å². The molecule has 110 valence electrons. The molecule has 0 saturated carbocycles. The fraction of sp³-hybridized carbons (Fsp3) is 0.533. The Labute approximate surface area is 125 Å². The predicted octanol–water partition coefficient (Wildman–Crippen LogP) is 2.24. The van der Waals surface area contributed by atoms with E-state index in [0.29, 0.717) is 16.8 Å². The molecule has 0 aliphatic carbocycles. The van der Waals surface area contributed by atoms with Crippen LogP contribution in [0.2, 0.25) is 5.02 Å². The minimum atomic E-state index is 0.0197. The molecule has 20 heavy (non-hydrogen) atoms. The average molecular weight is 297 g/mol. The predicted molar refractivity (Wildman–Crippen MR) is 80.3 cm³/mol. The molecule has 0 spiro atoms. The van der Waals surface area contributed by atoms with Gasteiger partial charge in [0.15, 0.2) is 6.61 Å². The van der Waals surface area contributed by atoms with Crippen molar-refractivity contribution in [3.8, 4) is 5.75 Å². The van der Waals surface area contributed by atoms with Crippen LogP contribution in [-0.2, 0) is 4.79 Å². The molecule has 0 aromatic heterocycles.